The minimum absolute atomic E-state index is 0.0770. The molecule has 0 bridgehead atoms. The van der Waals surface area contributed by atoms with Gasteiger partial charge in [0.25, 0.3) is 0 Å². The molecule has 0 saturated heterocycles. The number of aromatic nitrogens is 2. The van der Waals surface area contributed by atoms with E-state index in [0.29, 0.717) is 24.6 Å². The summed E-state index contributed by atoms with van der Waals surface area (Å²) in [4.78, 5) is 16.3. The quantitative estimate of drug-likeness (QED) is 0.781. The molecule has 3 rings (SSSR count). The maximum Gasteiger partial charge on any atom is 0.227 e. The molecule has 1 amide bonds. The number of para-hydroxylation sites is 1. The van der Waals surface area contributed by atoms with Crippen molar-refractivity contribution in [3.8, 4) is 11.4 Å². The number of anilines is 1. The Balaban J connectivity index is 1.59. The van der Waals surface area contributed by atoms with Gasteiger partial charge in [-0.15, -0.1) is 0 Å². The van der Waals surface area contributed by atoms with Crippen molar-refractivity contribution in [1.29, 1.82) is 0 Å². The third-order valence-electron chi connectivity index (χ3n) is 3.48. The molecule has 0 saturated carbocycles. The lowest BCUT2D eigenvalue weighted by Crippen LogP contribution is -2.12. The number of nitrogens with zero attached hydrogens (tertiary/aromatic N) is 2. The van der Waals surface area contributed by atoms with Crippen molar-refractivity contribution in [2.75, 3.05) is 5.32 Å². The van der Waals surface area contributed by atoms with E-state index in [4.69, 9.17) is 4.52 Å². The second-order valence-corrected chi connectivity index (χ2v) is 5.24. The summed E-state index contributed by atoms with van der Waals surface area (Å²) in [7, 11) is 0. The first-order valence-corrected chi connectivity index (χ1v) is 7.46. The third-order valence-corrected chi connectivity index (χ3v) is 3.48. The van der Waals surface area contributed by atoms with Crippen LogP contribution in [0, 0.1) is 6.92 Å². The lowest BCUT2D eigenvalue weighted by Gasteiger charge is -2.03. The molecule has 2 aromatic carbocycles. The number of hydrogen-bond acceptors (Lipinski definition) is 4. The first kappa shape index (κ1) is 15.0. The van der Waals surface area contributed by atoms with Crippen LogP contribution < -0.4 is 5.32 Å². The van der Waals surface area contributed by atoms with E-state index in [2.05, 4.69) is 15.5 Å². The fourth-order valence-corrected chi connectivity index (χ4v) is 2.26. The van der Waals surface area contributed by atoms with Gasteiger partial charge in [-0.05, 0) is 24.6 Å². The van der Waals surface area contributed by atoms with E-state index >= 15 is 0 Å². The molecule has 0 aliphatic rings. The molecule has 116 valence electrons. The number of carbonyl (C=O) groups excluding carboxylic acids is 1. The zero-order valence-corrected chi connectivity index (χ0v) is 12.8. The number of benzene rings is 2. The molecule has 0 fully saturated rings. The topological polar surface area (TPSA) is 68.0 Å². The number of nitrogens with one attached hydrogen (secondary N) is 1. The molecule has 23 heavy (non-hydrogen) atoms. The Bertz CT molecular complexity index is 797. The van der Waals surface area contributed by atoms with Crippen LogP contribution in [0.2, 0.25) is 0 Å². The second-order valence-electron chi connectivity index (χ2n) is 5.24. The SMILES string of the molecule is Cc1ccccc1-c1noc(CCC(=O)Nc2ccccc2)n1. The molecule has 1 N–H and O–H groups in total. The summed E-state index contributed by atoms with van der Waals surface area (Å²) >= 11 is 0. The largest absolute Gasteiger partial charge is 0.339 e. The molecule has 0 aliphatic carbocycles. The van der Waals surface area contributed by atoms with Crippen LogP contribution in [-0.4, -0.2) is 16.0 Å². The molecule has 0 spiro atoms. The van der Waals surface area contributed by atoms with E-state index < -0.39 is 0 Å². The van der Waals surface area contributed by atoms with Crippen LogP contribution in [0.1, 0.15) is 17.9 Å². The average molecular weight is 307 g/mol. The smallest absolute Gasteiger partial charge is 0.227 e. The number of rotatable bonds is 5. The highest BCUT2D eigenvalue weighted by molar-refractivity contribution is 5.90. The Morgan fingerprint density at radius 3 is 2.61 bits per heavy atom. The monoisotopic (exact) mass is 307 g/mol. The highest BCUT2D eigenvalue weighted by Gasteiger charge is 2.12. The minimum atomic E-state index is -0.0770. The number of carbonyl (C=O) groups is 1. The highest BCUT2D eigenvalue weighted by Crippen LogP contribution is 2.20. The van der Waals surface area contributed by atoms with Gasteiger partial charge in [0.15, 0.2) is 0 Å². The second kappa shape index (κ2) is 6.87. The Morgan fingerprint density at radius 1 is 1.09 bits per heavy atom. The van der Waals surface area contributed by atoms with Gasteiger partial charge in [-0.1, -0.05) is 47.6 Å². The summed E-state index contributed by atoms with van der Waals surface area (Å²) in [5.41, 5.74) is 2.81. The molecule has 0 atom stereocenters. The molecule has 5 heteroatoms. The van der Waals surface area contributed by atoms with Gasteiger partial charge in [-0.2, -0.15) is 4.98 Å². The molecule has 3 aromatic rings. The lowest BCUT2D eigenvalue weighted by atomic mass is 10.1. The van der Waals surface area contributed by atoms with Crippen molar-refractivity contribution >= 4 is 11.6 Å². The molecular formula is C18H17N3O2. The maximum absolute atomic E-state index is 11.9. The molecule has 1 heterocycles. The molecule has 0 radical (unpaired) electrons. The van der Waals surface area contributed by atoms with Crippen molar-refractivity contribution in [1.82, 2.24) is 10.1 Å². The molecule has 5 nitrogen and oxygen atoms in total. The Hall–Kier alpha value is -2.95. The van der Waals surface area contributed by atoms with Crippen molar-refractivity contribution in [3.63, 3.8) is 0 Å². The zero-order chi connectivity index (χ0) is 16.1. The predicted octanol–water partition coefficient (Wildman–Crippen LogP) is 3.62. The summed E-state index contributed by atoms with van der Waals surface area (Å²) in [6.45, 7) is 2.00. The van der Waals surface area contributed by atoms with Crippen LogP contribution >= 0.6 is 0 Å². The van der Waals surface area contributed by atoms with Gasteiger partial charge in [0, 0.05) is 24.1 Å². The Labute approximate surface area is 134 Å². The fraction of sp³-hybridized carbons (Fsp3) is 0.167. The van der Waals surface area contributed by atoms with Crippen LogP contribution in [0.15, 0.2) is 59.1 Å². The van der Waals surface area contributed by atoms with Crippen molar-refractivity contribution in [2.24, 2.45) is 0 Å². The first-order chi connectivity index (χ1) is 11.2. The number of hydrogen-bond donors (Lipinski definition) is 1. The predicted molar refractivity (Wildman–Crippen MR) is 87.9 cm³/mol. The average Bonchev–Trinajstić information content (AvgIpc) is 3.03. The van der Waals surface area contributed by atoms with E-state index in [0.717, 1.165) is 16.8 Å². The van der Waals surface area contributed by atoms with Crippen molar-refractivity contribution < 1.29 is 9.32 Å². The van der Waals surface area contributed by atoms with E-state index in [1.807, 2.05) is 61.5 Å². The van der Waals surface area contributed by atoms with Crippen molar-refractivity contribution in [3.05, 3.63) is 66.1 Å². The molecular weight excluding hydrogens is 290 g/mol. The van der Waals surface area contributed by atoms with Crippen LogP contribution in [0.25, 0.3) is 11.4 Å². The van der Waals surface area contributed by atoms with Crippen LogP contribution in [0.4, 0.5) is 5.69 Å². The summed E-state index contributed by atoms with van der Waals surface area (Å²) in [6, 6.07) is 17.2. The van der Waals surface area contributed by atoms with Gasteiger partial charge in [0.1, 0.15) is 0 Å². The standard InChI is InChI=1S/C18H17N3O2/c1-13-7-5-6-10-15(13)18-20-17(23-21-18)12-11-16(22)19-14-8-3-2-4-9-14/h2-10H,11-12H2,1H3,(H,19,22). The van der Waals surface area contributed by atoms with E-state index in [9.17, 15) is 4.79 Å². The first-order valence-electron chi connectivity index (χ1n) is 7.46. The highest BCUT2D eigenvalue weighted by atomic mass is 16.5. The Morgan fingerprint density at radius 2 is 1.83 bits per heavy atom. The zero-order valence-electron chi connectivity index (χ0n) is 12.8. The van der Waals surface area contributed by atoms with E-state index in [1.165, 1.54) is 0 Å². The fourth-order valence-electron chi connectivity index (χ4n) is 2.26. The van der Waals surface area contributed by atoms with Gasteiger partial charge in [-0.25, -0.2) is 0 Å². The number of amides is 1. The molecule has 0 aliphatic heterocycles. The van der Waals surface area contributed by atoms with E-state index in [-0.39, 0.29) is 5.91 Å². The third kappa shape index (κ3) is 3.83. The summed E-state index contributed by atoms with van der Waals surface area (Å²) < 4.78 is 5.23. The summed E-state index contributed by atoms with van der Waals surface area (Å²) in [6.07, 6.45) is 0.710. The van der Waals surface area contributed by atoms with Crippen LogP contribution in [0.3, 0.4) is 0 Å². The summed E-state index contributed by atoms with van der Waals surface area (Å²) in [5, 5.41) is 6.82. The lowest BCUT2D eigenvalue weighted by molar-refractivity contribution is -0.116. The van der Waals surface area contributed by atoms with Gasteiger partial charge in [0.2, 0.25) is 17.6 Å². The van der Waals surface area contributed by atoms with Crippen LogP contribution in [0.5, 0.6) is 0 Å². The van der Waals surface area contributed by atoms with Gasteiger partial charge < -0.3 is 9.84 Å². The van der Waals surface area contributed by atoms with Crippen molar-refractivity contribution in [2.45, 2.75) is 19.8 Å². The molecule has 0 unspecified atom stereocenters. The Kier molecular flexibility index (Phi) is 4.47. The van der Waals surface area contributed by atoms with Crippen LogP contribution in [-0.2, 0) is 11.2 Å². The number of aryl methyl sites for hydroxylation is 2. The summed E-state index contributed by atoms with van der Waals surface area (Å²) in [5.74, 6) is 0.944. The molecule has 1 aromatic heterocycles. The van der Waals surface area contributed by atoms with Gasteiger partial charge in [0.05, 0.1) is 0 Å². The van der Waals surface area contributed by atoms with Gasteiger partial charge >= 0.3 is 0 Å². The normalized spacial score (nSPS) is 10.5. The maximum atomic E-state index is 11.9. The van der Waals surface area contributed by atoms with E-state index in [1.54, 1.807) is 0 Å². The van der Waals surface area contributed by atoms with Gasteiger partial charge in [-0.3, -0.25) is 4.79 Å². The minimum Gasteiger partial charge on any atom is -0.339 e.